The van der Waals surface area contributed by atoms with Crippen LogP contribution < -0.4 is 0 Å². The van der Waals surface area contributed by atoms with Crippen LogP contribution in [0.4, 0.5) is 4.39 Å². The van der Waals surface area contributed by atoms with Crippen LogP contribution in [0.25, 0.3) is 0 Å². The average Bonchev–Trinajstić information content (AvgIpc) is 1.66. The molecule has 8 heavy (non-hydrogen) atoms. The molecule has 3 nitrogen and oxygen atoms in total. The lowest BCUT2D eigenvalue weighted by Gasteiger charge is -1.87. The number of thiol groups is 1. The summed E-state index contributed by atoms with van der Waals surface area (Å²) in [6.45, 7) is -0.585. The average molecular weight is 142 g/mol. The molecule has 0 radical (unpaired) electrons. The first kappa shape index (κ1) is 7.84. The summed E-state index contributed by atoms with van der Waals surface area (Å²) in [4.78, 5) is 0. The molecule has 0 aromatic heterocycles. The summed E-state index contributed by atoms with van der Waals surface area (Å²) in [7, 11) is -2.78. The first-order valence-corrected chi connectivity index (χ1v) is 3.20. The molecular weight excluding hydrogens is 135 g/mol. The van der Waals surface area contributed by atoms with Gasteiger partial charge in [-0.05, 0) is 0 Å². The molecule has 0 N–H and O–H groups in total. The highest BCUT2D eigenvalue weighted by atomic mass is 32.2. The van der Waals surface area contributed by atoms with E-state index in [9.17, 15) is 12.8 Å². The molecule has 0 spiro atoms. The normalized spacial score (nSPS) is 10.2. The molecule has 0 saturated carbocycles. The molecule has 0 heterocycles. The quantitative estimate of drug-likeness (QED) is 0.440. The van der Waals surface area contributed by atoms with Gasteiger partial charge in [0.2, 0.25) is 0 Å². The van der Waals surface area contributed by atoms with Crippen molar-refractivity contribution in [3.63, 3.8) is 0 Å². The Morgan fingerprint density at radius 2 is 2.12 bits per heavy atom. The van der Waals surface area contributed by atoms with Crippen molar-refractivity contribution in [3.05, 3.63) is 0 Å². The van der Waals surface area contributed by atoms with E-state index in [2.05, 4.69) is 4.18 Å². The van der Waals surface area contributed by atoms with Gasteiger partial charge in [-0.3, -0.25) is 8.57 Å². The van der Waals surface area contributed by atoms with E-state index in [1.165, 1.54) is 0 Å². The van der Waals surface area contributed by atoms with Gasteiger partial charge >= 0.3 is 0 Å². The molecule has 0 bridgehead atoms. The largest absolute Gasteiger partial charge is 0.272 e. The van der Waals surface area contributed by atoms with Gasteiger partial charge in [0, 0.05) is 6.42 Å². The summed E-state index contributed by atoms with van der Waals surface area (Å²) in [6.07, 6.45) is 0.142. The molecule has 0 aliphatic rings. The maximum atomic E-state index is 11.2. The van der Waals surface area contributed by atoms with Crippen molar-refractivity contribution in [2.24, 2.45) is 0 Å². The van der Waals surface area contributed by atoms with Gasteiger partial charge in [0.25, 0.3) is 11.0 Å². The molecule has 0 amide bonds. The van der Waals surface area contributed by atoms with E-state index in [-0.39, 0.29) is 13.0 Å². The smallest absolute Gasteiger partial charge is 0.257 e. The van der Waals surface area contributed by atoms with Crippen LogP contribution in [0.2, 0.25) is 0 Å². The number of rotatable bonds is 4. The van der Waals surface area contributed by atoms with Gasteiger partial charge in [0.15, 0.2) is 0 Å². The number of hydrogen-bond donors (Lipinski definition) is 1. The monoisotopic (exact) mass is 142 g/mol. The summed E-state index contributed by atoms with van der Waals surface area (Å²) in [5.74, 6) is 0. The van der Waals surface area contributed by atoms with Crippen molar-refractivity contribution < 1.29 is 17.0 Å². The Morgan fingerprint density at radius 3 is 2.50 bits per heavy atom. The molecule has 0 saturated heterocycles. The van der Waals surface area contributed by atoms with Crippen molar-refractivity contribution in [2.45, 2.75) is 6.42 Å². The van der Waals surface area contributed by atoms with Crippen LogP contribution in [-0.4, -0.2) is 21.7 Å². The standard InChI is InChI=1S/C3H7FO3S/c4-2-1-3-7-8(5)6/h8H,1-3H2. The summed E-state index contributed by atoms with van der Waals surface area (Å²) < 4.78 is 34.3. The third kappa shape index (κ3) is 5.84. The van der Waals surface area contributed by atoms with Gasteiger partial charge in [-0.2, -0.15) is 0 Å². The zero-order valence-electron chi connectivity index (χ0n) is 4.17. The topological polar surface area (TPSA) is 43.4 Å². The van der Waals surface area contributed by atoms with Crippen LogP contribution >= 0.6 is 0 Å². The first-order valence-electron chi connectivity index (χ1n) is 2.10. The second-order valence-electron chi connectivity index (χ2n) is 1.10. The zero-order chi connectivity index (χ0) is 6.41. The van der Waals surface area contributed by atoms with Crippen LogP contribution in [0, 0.1) is 0 Å². The highest BCUT2D eigenvalue weighted by Gasteiger charge is 1.85. The minimum absolute atomic E-state index is 0.0464. The molecule has 0 fully saturated rings. The number of alkyl halides is 1. The molecule has 5 heteroatoms. The van der Waals surface area contributed by atoms with Crippen LogP contribution in [0.5, 0.6) is 0 Å². The Balaban J connectivity index is 2.94. The second-order valence-corrected chi connectivity index (χ2v) is 1.80. The van der Waals surface area contributed by atoms with Gasteiger partial charge in [0.1, 0.15) is 0 Å². The highest BCUT2D eigenvalue weighted by Crippen LogP contribution is 1.81. The third-order valence-corrected chi connectivity index (χ3v) is 0.868. The van der Waals surface area contributed by atoms with Gasteiger partial charge in [-0.15, -0.1) is 0 Å². The fourth-order valence-corrected chi connectivity index (χ4v) is 0.472. The summed E-state index contributed by atoms with van der Waals surface area (Å²) in [5, 5.41) is 0. The maximum Gasteiger partial charge on any atom is 0.257 e. The van der Waals surface area contributed by atoms with E-state index in [0.29, 0.717) is 0 Å². The Bertz CT molecular complexity index is 103. The lowest BCUT2D eigenvalue weighted by molar-refractivity contribution is 0.304. The van der Waals surface area contributed by atoms with Gasteiger partial charge in [0.05, 0.1) is 13.3 Å². The Labute approximate surface area is 48.6 Å². The zero-order valence-corrected chi connectivity index (χ0v) is 5.07. The van der Waals surface area contributed by atoms with E-state index in [4.69, 9.17) is 0 Å². The molecule has 0 aromatic carbocycles. The minimum atomic E-state index is -2.78. The van der Waals surface area contributed by atoms with E-state index < -0.39 is 17.7 Å². The third-order valence-electron chi connectivity index (χ3n) is 0.475. The Morgan fingerprint density at radius 1 is 1.50 bits per heavy atom. The summed E-state index contributed by atoms with van der Waals surface area (Å²) in [6, 6.07) is 0. The number of halogens is 1. The maximum absolute atomic E-state index is 11.2. The molecule has 50 valence electrons. The lowest BCUT2D eigenvalue weighted by Crippen LogP contribution is -1.92. The molecule has 0 unspecified atom stereocenters. The van der Waals surface area contributed by atoms with Crippen molar-refractivity contribution in [1.82, 2.24) is 0 Å². The van der Waals surface area contributed by atoms with E-state index >= 15 is 0 Å². The van der Waals surface area contributed by atoms with Crippen LogP contribution in [0.1, 0.15) is 6.42 Å². The van der Waals surface area contributed by atoms with Gasteiger partial charge in [-0.1, -0.05) is 0 Å². The van der Waals surface area contributed by atoms with E-state index in [0.717, 1.165) is 0 Å². The molecule has 0 rings (SSSR count). The van der Waals surface area contributed by atoms with Crippen LogP contribution in [-0.2, 0) is 15.2 Å². The predicted octanol–water partition coefficient (Wildman–Crippen LogP) is -0.111. The molecule has 0 aliphatic heterocycles. The fourth-order valence-electron chi connectivity index (χ4n) is 0.194. The molecular formula is C3H7FO3S. The van der Waals surface area contributed by atoms with Crippen molar-refractivity contribution >= 4 is 11.0 Å². The minimum Gasteiger partial charge on any atom is -0.272 e. The van der Waals surface area contributed by atoms with E-state index in [1.807, 2.05) is 0 Å². The Hall–Kier alpha value is -0.160. The van der Waals surface area contributed by atoms with Crippen LogP contribution in [0.15, 0.2) is 0 Å². The molecule has 0 atom stereocenters. The van der Waals surface area contributed by atoms with E-state index in [1.54, 1.807) is 0 Å². The van der Waals surface area contributed by atoms with Crippen LogP contribution in [0.3, 0.4) is 0 Å². The molecule has 0 aliphatic carbocycles. The summed E-state index contributed by atoms with van der Waals surface area (Å²) in [5.41, 5.74) is 0. The van der Waals surface area contributed by atoms with Crippen molar-refractivity contribution in [3.8, 4) is 0 Å². The predicted molar refractivity (Wildman–Crippen MR) is 26.9 cm³/mol. The SMILES string of the molecule is O=[SH](=O)OCCCF. The second kappa shape index (κ2) is 4.99. The van der Waals surface area contributed by atoms with Gasteiger partial charge < -0.3 is 0 Å². The number of hydrogen-bond acceptors (Lipinski definition) is 3. The highest BCUT2D eigenvalue weighted by molar-refractivity contribution is 7.67. The first-order chi connectivity index (χ1) is 3.77. The van der Waals surface area contributed by atoms with Crippen molar-refractivity contribution in [2.75, 3.05) is 13.3 Å². The summed E-state index contributed by atoms with van der Waals surface area (Å²) >= 11 is 0. The fraction of sp³-hybridized carbons (Fsp3) is 1.00. The van der Waals surface area contributed by atoms with Crippen molar-refractivity contribution in [1.29, 1.82) is 0 Å². The van der Waals surface area contributed by atoms with Gasteiger partial charge in [-0.25, -0.2) is 8.42 Å². The molecule has 0 aromatic rings. The Kier molecular flexibility index (Phi) is 4.89. The lowest BCUT2D eigenvalue weighted by atomic mass is 10.5.